The zero-order valence-electron chi connectivity index (χ0n) is 8.03. The second kappa shape index (κ2) is 4.54. The molecule has 1 amide bonds. The van der Waals surface area contributed by atoms with Crippen LogP contribution in [0.1, 0.15) is 0 Å². The number of amides is 1. The van der Waals surface area contributed by atoms with E-state index in [1.165, 1.54) is 11.0 Å². The summed E-state index contributed by atoms with van der Waals surface area (Å²) < 4.78 is 0. The van der Waals surface area contributed by atoms with Crippen molar-refractivity contribution in [3.05, 3.63) is 12.7 Å². The van der Waals surface area contributed by atoms with E-state index in [-0.39, 0.29) is 5.91 Å². The molecule has 0 spiro atoms. The molecule has 0 saturated heterocycles. The zero-order valence-corrected chi connectivity index (χ0v) is 8.03. The van der Waals surface area contributed by atoms with Crippen molar-refractivity contribution >= 4 is 11.9 Å². The van der Waals surface area contributed by atoms with Crippen molar-refractivity contribution in [1.82, 2.24) is 9.80 Å². The van der Waals surface area contributed by atoms with E-state index in [0.29, 0.717) is 5.96 Å². The first-order valence-corrected chi connectivity index (χ1v) is 3.58. The van der Waals surface area contributed by atoms with E-state index in [1.54, 1.807) is 19.0 Å². The SMILES string of the molecule is C=CC(=O)N(C)C(=NC)N(C)C. The smallest absolute Gasteiger partial charge is 0.252 e. The summed E-state index contributed by atoms with van der Waals surface area (Å²) in [6.45, 7) is 3.39. The van der Waals surface area contributed by atoms with Gasteiger partial charge in [0.15, 0.2) is 0 Å². The van der Waals surface area contributed by atoms with Gasteiger partial charge in [0.2, 0.25) is 5.96 Å². The third kappa shape index (κ3) is 2.38. The number of guanidine groups is 1. The molecule has 0 N–H and O–H groups in total. The predicted octanol–water partition coefficient (Wildman–Crippen LogP) is 0.178. The van der Waals surface area contributed by atoms with Gasteiger partial charge in [0.25, 0.3) is 5.91 Å². The highest BCUT2D eigenvalue weighted by molar-refractivity contribution is 6.01. The number of carbonyl (C=O) groups is 1. The molecule has 12 heavy (non-hydrogen) atoms. The number of carbonyl (C=O) groups excluding carboxylic acids is 1. The monoisotopic (exact) mass is 169 g/mol. The molecule has 0 fully saturated rings. The van der Waals surface area contributed by atoms with Gasteiger partial charge in [-0.05, 0) is 6.08 Å². The largest absolute Gasteiger partial charge is 0.349 e. The molecule has 4 heteroatoms. The van der Waals surface area contributed by atoms with Crippen molar-refractivity contribution in [2.24, 2.45) is 4.99 Å². The van der Waals surface area contributed by atoms with Crippen molar-refractivity contribution in [3.63, 3.8) is 0 Å². The highest BCUT2D eigenvalue weighted by atomic mass is 16.2. The van der Waals surface area contributed by atoms with E-state index >= 15 is 0 Å². The van der Waals surface area contributed by atoms with Gasteiger partial charge in [0.05, 0.1) is 0 Å². The van der Waals surface area contributed by atoms with E-state index in [4.69, 9.17) is 0 Å². The fourth-order valence-corrected chi connectivity index (χ4v) is 0.885. The van der Waals surface area contributed by atoms with Crippen molar-refractivity contribution in [2.75, 3.05) is 28.2 Å². The van der Waals surface area contributed by atoms with Crippen LogP contribution in [0.15, 0.2) is 17.6 Å². The van der Waals surface area contributed by atoms with Crippen LogP contribution in [-0.4, -0.2) is 49.9 Å². The molecule has 0 aromatic rings. The molecule has 0 bridgehead atoms. The van der Waals surface area contributed by atoms with E-state index in [0.717, 1.165) is 0 Å². The van der Waals surface area contributed by atoms with Crippen molar-refractivity contribution in [3.8, 4) is 0 Å². The maximum Gasteiger partial charge on any atom is 0.252 e. The van der Waals surface area contributed by atoms with Gasteiger partial charge < -0.3 is 4.90 Å². The van der Waals surface area contributed by atoms with Gasteiger partial charge in [-0.1, -0.05) is 6.58 Å². The van der Waals surface area contributed by atoms with E-state index in [2.05, 4.69) is 11.6 Å². The predicted molar refractivity (Wildman–Crippen MR) is 50.0 cm³/mol. The molecule has 68 valence electrons. The molecule has 0 aromatic carbocycles. The first-order valence-electron chi connectivity index (χ1n) is 3.58. The van der Waals surface area contributed by atoms with Crippen LogP contribution in [0.5, 0.6) is 0 Å². The fourth-order valence-electron chi connectivity index (χ4n) is 0.885. The lowest BCUT2D eigenvalue weighted by Crippen LogP contribution is -2.40. The highest BCUT2D eigenvalue weighted by Gasteiger charge is 2.12. The highest BCUT2D eigenvalue weighted by Crippen LogP contribution is 1.92. The van der Waals surface area contributed by atoms with Gasteiger partial charge in [-0.25, -0.2) is 0 Å². The molecular formula is C8H15N3O. The topological polar surface area (TPSA) is 35.9 Å². The Bertz CT molecular complexity index is 208. The minimum atomic E-state index is -0.163. The summed E-state index contributed by atoms with van der Waals surface area (Å²) in [5.41, 5.74) is 0. The number of likely N-dealkylation sites (N-methyl/N-ethyl adjacent to an activating group) is 1. The van der Waals surface area contributed by atoms with Gasteiger partial charge in [-0.2, -0.15) is 0 Å². The average molecular weight is 169 g/mol. The summed E-state index contributed by atoms with van der Waals surface area (Å²) in [4.78, 5) is 18.3. The van der Waals surface area contributed by atoms with Gasteiger partial charge in [0, 0.05) is 28.2 Å². The Hall–Kier alpha value is -1.32. The molecule has 0 heterocycles. The summed E-state index contributed by atoms with van der Waals surface area (Å²) in [7, 11) is 6.96. The summed E-state index contributed by atoms with van der Waals surface area (Å²) in [5, 5.41) is 0. The first kappa shape index (κ1) is 10.7. The molecule has 4 nitrogen and oxygen atoms in total. The van der Waals surface area contributed by atoms with Crippen LogP contribution in [0.2, 0.25) is 0 Å². The first-order chi connectivity index (χ1) is 5.54. The third-order valence-electron chi connectivity index (χ3n) is 1.41. The van der Waals surface area contributed by atoms with Gasteiger partial charge in [0.1, 0.15) is 0 Å². The standard InChI is InChI=1S/C8H15N3O/c1-6-7(12)11(5)8(9-2)10(3)4/h6H,1H2,2-5H3. The Morgan fingerprint density at radius 2 is 1.92 bits per heavy atom. The lowest BCUT2D eigenvalue weighted by atomic mass is 10.5. The van der Waals surface area contributed by atoms with Gasteiger partial charge >= 0.3 is 0 Å². The molecule has 0 aromatic heterocycles. The van der Waals surface area contributed by atoms with E-state index < -0.39 is 0 Å². The van der Waals surface area contributed by atoms with Crippen LogP contribution in [0.25, 0.3) is 0 Å². The maximum atomic E-state index is 11.1. The minimum Gasteiger partial charge on any atom is -0.349 e. The Morgan fingerprint density at radius 3 is 2.17 bits per heavy atom. The molecular weight excluding hydrogens is 154 g/mol. The molecule has 0 aliphatic rings. The number of hydrogen-bond acceptors (Lipinski definition) is 2. The fraction of sp³-hybridized carbons (Fsp3) is 0.500. The normalized spacial score (nSPS) is 10.8. The third-order valence-corrected chi connectivity index (χ3v) is 1.41. The summed E-state index contributed by atoms with van der Waals surface area (Å²) >= 11 is 0. The van der Waals surface area contributed by atoms with Crippen molar-refractivity contribution < 1.29 is 4.79 Å². The summed E-state index contributed by atoms with van der Waals surface area (Å²) in [6.07, 6.45) is 1.26. The second-order valence-corrected chi connectivity index (χ2v) is 2.52. The van der Waals surface area contributed by atoms with Crippen LogP contribution in [0, 0.1) is 0 Å². The molecule has 0 unspecified atom stereocenters. The van der Waals surface area contributed by atoms with Gasteiger partial charge in [-0.15, -0.1) is 0 Å². The van der Waals surface area contributed by atoms with Crippen LogP contribution >= 0.6 is 0 Å². The maximum absolute atomic E-state index is 11.1. The Morgan fingerprint density at radius 1 is 1.42 bits per heavy atom. The molecule has 0 saturated carbocycles. The molecule has 0 aliphatic carbocycles. The lowest BCUT2D eigenvalue weighted by molar-refractivity contribution is -0.121. The Kier molecular flexibility index (Phi) is 4.04. The Balaban J connectivity index is 4.54. The quantitative estimate of drug-likeness (QED) is 0.319. The molecule has 0 radical (unpaired) electrons. The number of aliphatic imine (C=N–C) groups is 1. The molecule has 0 atom stereocenters. The summed E-state index contributed by atoms with van der Waals surface area (Å²) in [6, 6.07) is 0. The van der Waals surface area contributed by atoms with Gasteiger partial charge in [-0.3, -0.25) is 14.7 Å². The van der Waals surface area contributed by atoms with Crippen LogP contribution in [0.3, 0.4) is 0 Å². The van der Waals surface area contributed by atoms with Crippen LogP contribution < -0.4 is 0 Å². The lowest BCUT2D eigenvalue weighted by Gasteiger charge is -2.23. The van der Waals surface area contributed by atoms with E-state index in [9.17, 15) is 4.79 Å². The minimum absolute atomic E-state index is 0.163. The average Bonchev–Trinajstić information content (AvgIpc) is 2.03. The number of hydrogen-bond donors (Lipinski definition) is 0. The summed E-state index contributed by atoms with van der Waals surface area (Å²) in [5.74, 6) is 0.448. The van der Waals surface area contributed by atoms with Crippen LogP contribution in [0.4, 0.5) is 0 Å². The molecule has 0 rings (SSSR count). The Labute approximate surface area is 73.2 Å². The number of nitrogens with zero attached hydrogens (tertiary/aromatic N) is 3. The number of rotatable bonds is 1. The zero-order chi connectivity index (χ0) is 9.72. The molecule has 0 aliphatic heterocycles. The second-order valence-electron chi connectivity index (χ2n) is 2.52. The van der Waals surface area contributed by atoms with E-state index in [1.807, 2.05) is 14.1 Å². The van der Waals surface area contributed by atoms with Crippen molar-refractivity contribution in [2.45, 2.75) is 0 Å². The van der Waals surface area contributed by atoms with Crippen molar-refractivity contribution in [1.29, 1.82) is 0 Å². The van der Waals surface area contributed by atoms with Crippen LogP contribution in [-0.2, 0) is 4.79 Å².